The van der Waals surface area contributed by atoms with Crippen molar-refractivity contribution in [2.24, 2.45) is 5.92 Å². The predicted octanol–water partition coefficient (Wildman–Crippen LogP) is 0.437. The minimum atomic E-state index is -0.690. The van der Waals surface area contributed by atoms with Crippen molar-refractivity contribution in [2.75, 3.05) is 39.4 Å². The van der Waals surface area contributed by atoms with Crippen LogP contribution in [0.4, 0.5) is 0 Å². The molecule has 0 saturated carbocycles. The van der Waals surface area contributed by atoms with Gasteiger partial charge in [-0.05, 0) is 18.1 Å². The van der Waals surface area contributed by atoms with Crippen LogP contribution in [0.2, 0.25) is 0 Å². The second-order valence-electron chi connectivity index (χ2n) is 6.79. The highest BCUT2D eigenvalue weighted by molar-refractivity contribution is 5.81. The molecule has 8 nitrogen and oxygen atoms in total. The summed E-state index contributed by atoms with van der Waals surface area (Å²) < 4.78 is 6.53. The van der Waals surface area contributed by atoms with E-state index in [2.05, 4.69) is 20.5 Å². The molecule has 1 saturated heterocycles. The first-order valence-corrected chi connectivity index (χ1v) is 9.00. The fourth-order valence-electron chi connectivity index (χ4n) is 3.15. The van der Waals surface area contributed by atoms with E-state index in [0.29, 0.717) is 17.4 Å². The fraction of sp³-hybridized carbons (Fsp3) is 0.556. The van der Waals surface area contributed by atoms with E-state index in [1.807, 2.05) is 13.8 Å². The smallest absolute Gasteiger partial charge is 0.278 e. The van der Waals surface area contributed by atoms with Crippen LogP contribution in [-0.2, 0) is 9.53 Å². The van der Waals surface area contributed by atoms with Gasteiger partial charge in [0.15, 0.2) is 0 Å². The van der Waals surface area contributed by atoms with E-state index in [1.54, 1.807) is 24.3 Å². The zero-order valence-electron chi connectivity index (χ0n) is 15.2. The van der Waals surface area contributed by atoms with Crippen LogP contribution in [0.3, 0.4) is 0 Å². The number of carbonyl (C=O) groups excluding carboxylic acids is 1. The average Bonchev–Trinajstić information content (AvgIpc) is 2.65. The summed E-state index contributed by atoms with van der Waals surface area (Å²) in [4.78, 5) is 27.7. The largest absolute Gasteiger partial charge is 0.379 e. The van der Waals surface area contributed by atoms with Crippen LogP contribution in [0, 0.1) is 5.92 Å². The standard InChI is InChI=1S/C18H25N5O3/c1-13(2)16(17(24)19-7-8-22-9-11-26-12-10-22)23-18(25)14-5-3-4-6-15(14)20-21-23/h3-6,13,16H,7-12H2,1-2H3,(H,19,24). The molecular weight excluding hydrogens is 334 g/mol. The minimum Gasteiger partial charge on any atom is -0.379 e. The molecule has 0 spiro atoms. The maximum atomic E-state index is 12.8. The molecule has 1 amide bonds. The lowest BCUT2D eigenvalue weighted by molar-refractivity contribution is -0.126. The van der Waals surface area contributed by atoms with Crippen LogP contribution >= 0.6 is 0 Å². The van der Waals surface area contributed by atoms with Gasteiger partial charge in [-0.25, -0.2) is 0 Å². The second-order valence-corrected chi connectivity index (χ2v) is 6.79. The van der Waals surface area contributed by atoms with E-state index in [4.69, 9.17) is 4.74 Å². The van der Waals surface area contributed by atoms with Crippen molar-refractivity contribution < 1.29 is 9.53 Å². The molecule has 1 aromatic carbocycles. The molecule has 140 valence electrons. The number of nitrogens with zero attached hydrogens (tertiary/aromatic N) is 4. The molecule has 1 fully saturated rings. The third-order valence-corrected chi connectivity index (χ3v) is 4.59. The Morgan fingerprint density at radius 1 is 1.27 bits per heavy atom. The Morgan fingerprint density at radius 3 is 2.73 bits per heavy atom. The van der Waals surface area contributed by atoms with Crippen LogP contribution in [0.5, 0.6) is 0 Å². The van der Waals surface area contributed by atoms with E-state index in [9.17, 15) is 9.59 Å². The zero-order chi connectivity index (χ0) is 18.5. The van der Waals surface area contributed by atoms with Gasteiger partial charge in [0, 0.05) is 26.2 Å². The van der Waals surface area contributed by atoms with Crippen molar-refractivity contribution in [2.45, 2.75) is 19.9 Å². The summed E-state index contributed by atoms with van der Waals surface area (Å²) in [6.07, 6.45) is 0. The van der Waals surface area contributed by atoms with Gasteiger partial charge in [-0.3, -0.25) is 14.5 Å². The van der Waals surface area contributed by atoms with Gasteiger partial charge in [0.05, 0.1) is 18.6 Å². The lowest BCUT2D eigenvalue weighted by Crippen LogP contribution is -2.45. The van der Waals surface area contributed by atoms with E-state index in [0.717, 1.165) is 32.8 Å². The maximum absolute atomic E-state index is 12.8. The van der Waals surface area contributed by atoms with E-state index in [-0.39, 0.29) is 17.4 Å². The molecule has 26 heavy (non-hydrogen) atoms. The summed E-state index contributed by atoms with van der Waals surface area (Å²) >= 11 is 0. The molecule has 0 radical (unpaired) electrons. The number of fused-ring (bicyclic) bond motifs is 1. The molecular formula is C18H25N5O3. The first kappa shape index (κ1) is 18.5. The molecule has 2 aromatic rings. The first-order valence-electron chi connectivity index (χ1n) is 9.00. The summed E-state index contributed by atoms with van der Waals surface area (Å²) in [6, 6.07) is 6.34. The Hall–Kier alpha value is -2.32. The summed E-state index contributed by atoms with van der Waals surface area (Å²) in [7, 11) is 0. The molecule has 0 aliphatic carbocycles. The van der Waals surface area contributed by atoms with Gasteiger partial charge in [-0.2, -0.15) is 4.68 Å². The molecule has 1 unspecified atom stereocenters. The fourth-order valence-corrected chi connectivity index (χ4v) is 3.15. The van der Waals surface area contributed by atoms with Gasteiger partial charge >= 0.3 is 0 Å². The van der Waals surface area contributed by atoms with Gasteiger partial charge in [0.25, 0.3) is 5.56 Å². The summed E-state index contributed by atoms with van der Waals surface area (Å²) in [5.41, 5.74) is 0.238. The number of rotatable bonds is 6. The number of morpholine rings is 1. The molecule has 1 atom stereocenters. The van der Waals surface area contributed by atoms with Crippen molar-refractivity contribution in [3.63, 3.8) is 0 Å². The Labute approximate surface area is 152 Å². The number of carbonyl (C=O) groups is 1. The lowest BCUT2D eigenvalue weighted by atomic mass is 10.0. The van der Waals surface area contributed by atoms with Crippen LogP contribution in [0.15, 0.2) is 29.1 Å². The van der Waals surface area contributed by atoms with Crippen LogP contribution in [0.1, 0.15) is 19.9 Å². The number of benzene rings is 1. The van der Waals surface area contributed by atoms with Crippen molar-refractivity contribution >= 4 is 16.8 Å². The molecule has 1 N–H and O–H groups in total. The van der Waals surface area contributed by atoms with Crippen LogP contribution in [0.25, 0.3) is 10.9 Å². The highest BCUT2D eigenvalue weighted by atomic mass is 16.5. The number of hydrogen-bond donors (Lipinski definition) is 1. The predicted molar refractivity (Wildman–Crippen MR) is 97.9 cm³/mol. The normalized spacial score (nSPS) is 16.7. The topological polar surface area (TPSA) is 89.3 Å². The van der Waals surface area contributed by atoms with Gasteiger partial charge in [-0.15, -0.1) is 5.10 Å². The van der Waals surface area contributed by atoms with Crippen molar-refractivity contribution in [1.82, 2.24) is 25.2 Å². The molecule has 1 aliphatic rings. The summed E-state index contributed by atoms with van der Waals surface area (Å²) in [5.74, 6) is -0.300. The molecule has 3 rings (SSSR count). The second kappa shape index (κ2) is 8.37. The molecule has 1 aromatic heterocycles. The maximum Gasteiger partial charge on any atom is 0.278 e. The number of nitrogens with one attached hydrogen (secondary N) is 1. The number of hydrogen-bond acceptors (Lipinski definition) is 6. The van der Waals surface area contributed by atoms with Gasteiger partial charge in [-0.1, -0.05) is 31.2 Å². The van der Waals surface area contributed by atoms with E-state index < -0.39 is 6.04 Å². The Morgan fingerprint density at radius 2 is 2.00 bits per heavy atom. The number of ether oxygens (including phenoxy) is 1. The Kier molecular flexibility index (Phi) is 5.95. The average molecular weight is 359 g/mol. The zero-order valence-corrected chi connectivity index (χ0v) is 15.2. The monoisotopic (exact) mass is 359 g/mol. The Bertz CT molecular complexity index is 814. The highest BCUT2D eigenvalue weighted by Crippen LogP contribution is 2.16. The highest BCUT2D eigenvalue weighted by Gasteiger charge is 2.27. The van der Waals surface area contributed by atoms with Gasteiger partial charge < -0.3 is 10.1 Å². The van der Waals surface area contributed by atoms with E-state index >= 15 is 0 Å². The van der Waals surface area contributed by atoms with E-state index in [1.165, 1.54) is 4.68 Å². The van der Waals surface area contributed by atoms with Gasteiger partial charge in [0.1, 0.15) is 11.6 Å². The van der Waals surface area contributed by atoms with Crippen molar-refractivity contribution in [1.29, 1.82) is 0 Å². The van der Waals surface area contributed by atoms with Crippen molar-refractivity contribution in [3.8, 4) is 0 Å². The summed E-state index contributed by atoms with van der Waals surface area (Å²) in [6.45, 7) is 8.29. The quantitative estimate of drug-likeness (QED) is 0.805. The van der Waals surface area contributed by atoms with Gasteiger partial charge in [0.2, 0.25) is 5.91 Å². The third-order valence-electron chi connectivity index (χ3n) is 4.59. The SMILES string of the molecule is CC(C)C(C(=O)NCCN1CCOCC1)n1nnc2ccccc2c1=O. The van der Waals surface area contributed by atoms with Crippen LogP contribution in [-0.4, -0.2) is 65.2 Å². The van der Waals surface area contributed by atoms with Crippen molar-refractivity contribution in [3.05, 3.63) is 34.6 Å². The van der Waals surface area contributed by atoms with Crippen LogP contribution < -0.4 is 10.9 Å². The third kappa shape index (κ3) is 4.08. The molecule has 2 heterocycles. The number of aromatic nitrogens is 3. The molecule has 8 heteroatoms. The Balaban J connectivity index is 1.73. The minimum absolute atomic E-state index is 0.0912. The first-order chi connectivity index (χ1) is 12.6. The summed E-state index contributed by atoms with van der Waals surface area (Å²) in [5, 5.41) is 11.5. The lowest BCUT2D eigenvalue weighted by Gasteiger charge is -2.27. The molecule has 0 bridgehead atoms. The number of amides is 1. The molecule has 1 aliphatic heterocycles.